The fourth-order valence-electron chi connectivity index (χ4n) is 3.56. The fraction of sp³-hybridized carbons (Fsp3) is 0.368. The second kappa shape index (κ2) is 5.53. The van der Waals surface area contributed by atoms with Crippen molar-refractivity contribution >= 4 is 5.57 Å². The number of ether oxygens (including phenoxy) is 1. The monoisotopic (exact) mass is 279 g/mol. The summed E-state index contributed by atoms with van der Waals surface area (Å²) in [6, 6.07) is 8.74. The zero-order valence-corrected chi connectivity index (χ0v) is 12.3. The van der Waals surface area contributed by atoms with E-state index in [1.807, 2.05) is 0 Å². The van der Waals surface area contributed by atoms with E-state index in [4.69, 9.17) is 4.74 Å². The molecule has 3 aliphatic rings. The van der Waals surface area contributed by atoms with Gasteiger partial charge in [0, 0.05) is 5.57 Å². The fourth-order valence-corrected chi connectivity index (χ4v) is 3.56. The summed E-state index contributed by atoms with van der Waals surface area (Å²) in [5.41, 5.74) is 7.07. The first-order valence-corrected chi connectivity index (χ1v) is 7.98. The van der Waals surface area contributed by atoms with E-state index in [9.17, 15) is 0 Å². The SMILES string of the molecule is C1=C2OCc3ccccc3C(=C3CCNCC3)C2=CCC1. The first-order valence-electron chi connectivity index (χ1n) is 7.98. The van der Waals surface area contributed by atoms with Crippen molar-refractivity contribution in [2.75, 3.05) is 13.1 Å². The maximum Gasteiger partial charge on any atom is 0.123 e. The Labute approximate surface area is 126 Å². The number of fused-ring (bicyclic) bond motifs is 2. The van der Waals surface area contributed by atoms with Gasteiger partial charge in [-0.3, -0.25) is 0 Å². The van der Waals surface area contributed by atoms with Crippen molar-refractivity contribution in [3.8, 4) is 0 Å². The van der Waals surface area contributed by atoms with Gasteiger partial charge in [-0.2, -0.15) is 0 Å². The number of rotatable bonds is 0. The molecule has 2 nitrogen and oxygen atoms in total. The molecule has 1 saturated heterocycles. The van der Waals surface area contributed by atoms with Gasteiger partial charge in [0.15, 0.2) is 0 Å². The van der Waals surface area contributed by atoms with Crippen LogP contribution in [0.15, 0.2) is 53.3 Å². The first kappa shape index (κ1) is 12.9. The van der Waals surface area contributed by atoms with Crippen LogP contribution in [0.3, 0.4) is 0 Å². The molecule has 0 atom stereocenters. The second-order valence-corrected chi connectivity index (χ2v) is 5.94. The summed E-state index contributed by atoms with van der Waals surface area (Å²) in [5.74, 6) is 1.10. The van der Waals surface area contributed by atoms with Gasteiger partial charge in [0.1, 0.15) is 12.4 Å². The largest absolute Gasteiger partial charge is 0.489 e. The minimum atomic E-state index is 0.689. The van der Waals surface area contributed by atoms with Crippen molar-refractivity contribution in [2.24, 2.45) is 0 Å². The lowest BCUT2D eigenvalue weighted by Crippen LogP contribution is -2.24. The van der Waals surface area contributed by atoms with Gasteiger partial charge in [0.05, 0.1) is 0 Å². The normalized spacial score (nSPS) is 21.5. The maximum atomic E-state index is 6.10. The highest BCUT2D eigenvalue weighted by Gasteiger charge is 2.25. The molecule has 2 aliphatic heterocycles. The van der Waals surface area contributed by atoms with E-state index in [0.29, 0.717) is 6.61 Å². The Morgan fingerprint density at radius 1 is 0.952 bits per heavy atom. The third-order valence-electron chi connectivity index (χ3n) is 4.61. The van der Waals surface area contributed by atoms with Crippen LogP contribution in [0.4, 0.5) is 0 Å². The zero-order chi connectivity index (χ0) is 14.1. The third kappa shape index (κ3) is 2.34. The van der Waals surface area contributed by atoms with E-state index in [2.05, 4.69) is 41.7 Å². The van der Waals surface area contributed by atoms with Crippen LogP contribution >= 0.6 is 0 Å². The van der Waals surface area contributed by atoms with Crippen molar-refractivity contribution in [1.82, 2.24) is 5.32 Å². The second-order valence-electron chi connectivity index (χ2n) is 5.94. The standard InChI is InChI=1S/C19H21NO/c1-2-6-16-15(5-1)13-21-18-8-4-3-7-17(18)19(16)14-9-11-20-12-10-14/h1-2,5-8,20H,3-4,9-13H2. The molecule has 4 rings (SSSR count). The zero-order valence-electron chi connectivity index (χ0n) is 12.3. The van der Waals surface area contributed by atoms with E-state index in [-0.39, 0.29) is 0 Å². The van der Waals surface area contributed by atoms with Crippen molar-refractivity contribution in [3.63, 3.8) is 0 Å². The molecule has 21 heavy (non-hydrogen) atoms. The number of allylic oxidation sites excluding steroid dienone is 3. The summed E-state index contributed by atoms with van der Waals surface area (Å²) in [6.45, 7) is 2.87. The average Bonchev–Trinajstić information content (AvgIpc) is 2.72. The Hall–Kier alpha value is -1.80. The molecule has 1 aromatic rings. The summed E-state index contributed by atoms with van der Waals surface area (Å²) < 4.78 is 6.10. The van der Waals surface area contributed by atoms with E-state index < -0.39 is 0 Å². The quantitative estimate of drug-likeness (QED) is 0.776. The summed E-state index contributed by atoms with van der Waals surface area (Å²) in [7, 11) is 0. The van der Waals surface area contributed by atoms with E-state index in [0.717, 1.165) is 44.5 Å². The lowest BCUT2D eigenvalue weighted by molar-refractivity contribution is 0.208. The molecular weight excluding hydrogens is 258 g/mol. The van der Waals surface area contributed by atoms with Crippen molar-refractivity contribution in [3.05, 3.63) is 64.4 Å². The number of hydrogen-bond donors (Lipinski definition) is 1. The smallest absolute Gasteiger partial charge is 0.123 e. The molecule has 0 radical (unpaired) electrons. The summed E-state index contributed by atoms with van der Waals surface area (Å²) >= 11 is 0. The lowest BCUT2D eigenvalue weighted by atomic mass is 9.84. The van der Waals surface area contributed by atoms with Crippen molar-refractivity contribution < 1.29 is 4.74 Å². The molecule has 0 amide bonds. The van der Waals surface area contributed by atoms with Crippen LogP contribution in [0.25, 0.3) is 5.57 Å². The Morgan fingerprint density at radius 2 is 1.76 bits per heavy atom. The van der Waals surface area contributed by atoms with Crippen LogP contribution in [0.5, 0.6) is 0 Å². The molecule has 2 heterocycles. The minimum Gasteiger partial charge on any atom is -0.489 e. The molecule has 0 spiro atoms. The maximum absolute atomic E-state index is 6.10. The van der Waals surface area contributed by atoms with Crippen LogP contribution in [-0.2, 0) is 11.3 Å². The Balaban J connectivity index is 1.93. The topological polar surface area (TPSA) is 21.3 Å². The molecule has 0 aromatic heterocycles. The molecule has 2 heteroatoms. The van der Waals surface area contributed by atoms with Gasteiger partial charge < -0.3 is 10.1 Å². The van der Waals surface area contributed by atoms with E-state index in [1.54, 1.807) is 5.57 Å². The predicted molar refractivity (Wildman–Crippen MR) is 85.7 cm³/mol. The predicted octanol–water partition coefficient (Wildman–Crippen LogP) is 3.96. The van der Waals surface area contributed by atoms with Gasteiger partial charge >= 0.3 is 0 Å². The Bertz CT molecular complexity index is 643. The Kier molecular flexibility index (Phi) is 3.40. The van der Waals surface area contributed by atoms with Crippen LogP contribution in [-0.4, -0.2) is 13.1 Å². The molecule has 108 valence electrons. The van der Waals surface area contributed by atoms with Crippen molar-refractivity contribution in [1.29, 1.82) is 0 Å². The van der Waals surface area contributed by atoms with Gasteiger partial charge in [-0.15, -0.1) is 0 Å². The van der Waals surface area contributed by atoms with E-state index in [1.165, 1.54) is 22.3 Å². The lowest BCUT2D eigenvalue weighted by Gasteiger charge is -2.23. The molecule has 0 unspecified atom stereocenters. The number of nitrogens with one attached hydrogen (secondary N) is 1. The molecule has 1 aliphatic carbocycles. The molecule has 1 aromatic carbocycles. The highest BCUT2D eigenvalue weighted by Crippen LogP contribution is 2.41. The van der Waals surface area contributed by atoms with Crippen LogP contribution in [0.2, 0.25) is 0 Å². The van der Waals surface area contributed by atoms with Gasteiger partial charge in [-0.05, 0) is 61.5 Å². The number of piperidine rings is 1. The molecule has 1 fully saturated rings. The molecule has 0 bridgehead atoms. The van der Waals surface area contributed by atoms with Gasteiger partial charge in [0.2, 0.25) is 0 Å². The highest BCUT2D eigenvalue weighted by atomic mass is 16.5. The third-order valence-corrected chi connectivity index (χ3v) is 4.61. The van der Waals surface area contributed by atoms with Gasteiger partial charge in [-0.1, -0.05) is 35.9 Å². The van der Waals surface area contributed by atoms with Crippen molar-refractivity contribution in [2.45, 2.75) is 32.3 Å². The number of hydrogen-bond acceptors (Lipinski definition) is 2. The molecular formula is C19H21NO. The van der Waals surface area contributed by atoms with Gasteiger partial charge in [-0.25, -0.2) is 0 Å². The summed E-state index contributed by atoms with van der Waals surface area (Å²) in [4.78, 5) is 0. The van der Waals surface area contributed by atoms with Crippen LogP contribution in [0, 0.1) is 0 Å². The summed E-state index contributed by atoms with van der Waals surface area (Å²) in [5, 5.41) is 3.47. The molecule has 1 N–H and O–H groups in total. The molecule has 0 saturated carbocycles. The van der Waals surface area contributed by atoms with Crippen LogP contribution < -0.4 is 5.32 Å². The van der Waals surface area contributed by atoms with E-state index >= 15 is 0 Å². The Morgan fingerprint density at radius 3 is 2.67 bits per heavy atom. The van der Waals surface area contributed by atoms with Gasteiger partial charge in [0.25, 0.3) is 0 Å². The highest BCUT2D eigenvalue weighted by molar-refractivity contribution is 5.87. The number of benzene rings is 1. The first-order chi connectivity index (χ1) is 10.4. The average molecular weight is 279 g/mol. The van der Waals surface area contributed by atoms with Crippen LogP contribution in [0.1, 0.15) is 36.8 Å². The minimum absolute atomic E-state index is 0.689. The summed E-state index contributed by atoms with van der Waals surface area (Å²) in [6.07, 6.45) is 9.16.